The molecule has 11 heteroatoms. The van der Waals surface area contributed by atoms with Gasteiger partial charge < -0.3 is 14.6 Å². The predicted octanol–water partition coefficient (Wildman–Crippen LogP) is 10.1. The van der Waals surface area contributed by atoms with Crippen LogP contribution in [0.2, 0.25) is 0 Å². The number of rotatable bonds is 8. The summed E-state index contributed by atoms with van der Waals surface area (Å²) in [7, 11) is 0. The number of nitrogens with zero attached hydrogens (tertiary/aromatic N) is 2. The van der Waals surface area contributed by atoms with Gasteiger partial charge in [0, 0.05) is 33.8 Å². The van der Waals surface area contributed by atoms with E-state index in [0.29, 0.717) is 17.4 Å². The third-order valence-corrected chi connectivity index (χ3v) is 5.41. The number of aromatic nitrogens is 2. The first kappa shape index (κ1) is 41.3. The Hall–Kier alpha value is -3.79. The topological polar surface area (TPSA) is 90.7 Å². The van der Waals surface area contributed by atoms with Gasteiger partial charge in [0.15, 0.2) is 12.4 Å². The minimum Gasteiger partial charge on any atom is -0.479 e. The van der Waals surface area contributed by atoms with E-state index in [1.165, 1.54) is 29.2 Å². The Kier molecular flexibility index (Phi) is 20.2. The van der Waals surface area contributed by atoms with Crippen LogP contribution in [0.3, 0.4) is 0 Å². The highest BCUT2D eigenvalue weighted by Gasteiger charge is 2.31. The van der Waals surface area contributed by atoms with Gasteiger partial charge >= 0.3 is 12.3 Å². The molecule has 0 aliphatic carbocycles. The average molecular weight is 629 g/mol. The fourth-order valence-corrected chi connectivity index (χ4v) is 2.89. The lowest BCUT2D eigenvalue weighted by molar-refractivity contribution is -0.274. The number of halogens is 4. The molecule has 0 aliphatic heterocycles. The predicted molar refractivity (Wildman–Crippen MR) is 169 cm³/mol. The number of aliphatic carboxylic acids is 1. The van der Waals surface area contributed by atoms with Crippen LogP contribution in [0.25, 0.3) is 16.7 Å². The molecule has 0 saturated carbocycles. The van der Waals surface area contributed by atoms with Crippen molar-refractivity contribution in [1.82, 2.24) is 9.55 Å². The van der Waals surface area contributed by atoms with Crippen molar-refractivity contribution in [2.75, 3.05) is 0 Å². The molecule has 7 nitrogen and oxygen atoms in total. The van der Waals surface area contributed by atoms with Crippen LogP contribution in [-0.4, -0.2) is 39.4 Å². The molecule has 0 aliphatic rings. The number of hydrogen-bond donors (Lipinski definition) is 1. The van der Waals surface area contributed by atoms with Crippen molar-refractivity contribution in [3.63, 3.8) is 0 Å². The van der Waals surface area contributed by atoms with Crippen LogP contribution in [0.5, 0.6) is 11.6 Å². The molecule has 43 heavy (non-hydrogen) atoms. The summed E-state index contributed by atoms with van der Waals surface area (Å²) in [5.41, 5.74) is 2.24. The number of pyridine rings is 1. The lowest BCUT2D eigenvalue weighted by Crippen LogP contribution is -2.23. The number of fused-ring (bicyclic) bond motifs is 1. The number of alkyl halides is 3. The number of carbonyl (C=O) groups is 2. The van der Waals surface area contributed by atoms with Gasteiger partial charge in [0.05, 0.1) is 5.52 Å². The number of carbonyl (C=O) groups excluding carboxylic acids is 1. The Bertz CT molecular complexity index is 1310. The van der Waals surface area contributed by atoms with E-state index in [1.807, 2.05) is 41.5 Å². The molecule has 3 aromatic rings. The van der Waals surface area contributed by atoms with Crippen molar-refractivity contribution in [3.05, 3.63) is 71.4 Å². The summed E-state index contributed by atoms with van der Waals surface area (Å²) in [6.07, 6.45) is -3.43. The molecule has 1 unspecified atom stereocenters. The van der Waals surface area contributed by atoms with E-state index >= 15 is 0 Å². The van der Waals surface area contributed by atoms with Crippen LogP contribution >= 0.6 is 11.6 Å². The molecule has 0 saturated heterocycles. The normalized spacial score (nSPS) is 10.5. The molecule has 2 heterocycles. The van der Waals surface area contributed by atoms with Crippen LogP contribution < -0.4 is 9.47 Å². The monoisotopic (exact) mass is 628 g/mol. The highest BCUT2D eigenvalue weighted by molar-refractivity contribution is 6.29. The van der Waals surface area contributed by atoms with Gasteiger partial charge in [0.25, 0.3) is 0 Å². The van der Waals surface area contributed by atoms with E-state index in [1.54, 1.807) is 19.1 Å². The molecular weight excluding hydrogens is 585 g/mol. The number of aldehydes is 1. The number of carboxylic acid groups (broad SMARTS) is 1. The second kappa shape index (κ2) is 21.0. The molecule has 0 radical (unpaired) electrons. The second-order valence-electron chi connectivity index (χ2n) is 8.29. The van der Waals surface area contributed by atoms with E-state index in [9.17, 15) is 22.8 Å². The van der Waals surface area contributed by atoms with E-state index < -0.39 is 24.2 Å². The van der Waals surface area contributed by atoms with Gasteiger partial charge in [-0.3, -0.25) is 9.36 Å². The van der Waals surface area contributed by atoms with E-state index in [2.05, 4.69) is 29.8 Å². The van der Waals surface area contributed by atoms with Crippen molar-refractivity contribution in [1.29, 1.82) is 0 Å². The third-order valence-electron chi connectivity index (χ3n) is 5.15. The lowest BCUT2D eigenvalue weighted by atomic mass is 10.1. The maximum Gasteiger partial charge on any atom is 0.573 e. The highest BCUT2D eigenvalue weighted by Crippen LogP contribution is 2.33. The summed E-state index contributed by atoms with van der Waals surface area (Å²) in [5.74, 6) is -1.39. The molecule has 240 valence electrons. The van der Waals surface area contributed by atoms with Crippen molar-refractivity contribution in [2.45, 2.75) is 87.6 Å². The Labute approximate surface area is 258 Å². The summed E-state index contributed by atoms with van der Waals surface area (Å²) in [6, 6.07) is 8.18. The number of benzene rings is 1. The summed E-state index contributed by atoms with van der Waals surface area (Å²) < 4.78 is 48.5. The Morgan fingerprint density at radius 1 is 1.12 bits per heavy atom. The zero-order chi connectivity index (χ0) is 33.9. The third kappa shape index (κ3) is 14.8. The van der Waals surface area contributed by atoms with Crippen LogP contribution in [0.1, 0.15) is 84.3 Å². The first-order valence-corrected chi connectivity index (χ1v) is 14.2. The molecule has 2 aromatic heterocycles. The molecule has 0 fully saturated rings. The Morgan fingerprint density at radius 2 is 1.65 bits per heavy atom. The standard InChI is InChI=1S/C19H15F3N2O5.C5H10.C4H7Cl.2C2H6/c1-10-14(9-25)13-7-6-12(29-19(20,21)22)8-15(13)24(10)16-4-3-5-17(23-16)28-11(2)18(26)27;1-4-5(2)3;1-3-4(2)5;2*1-2/h3-9,11H,1-2H3,(H,26,27);2,4H2,1,3H3;2-3H2,1H3;2*1-2H3. The first-order valence-electron chi connectivity index (χ1n) is 13.9. The van der Waals surface area contributed by atoms with Gasteiger partial charge in [-0.2, -0.15) is 4.98 Å². The van der Waals surface area contributed by atoms with Gasteiger partial charge in [0.2, 0.25) is 5.88 Å². The Balaban J connectivity index is 0. The van der Waals surface area contributed by atoms with Crippen LogP contribution in [-0.2, 0) is 4.79 Å². The largest absolute Gasteiger partial charge is 0.573 e. The van der Waals surface area contributed by atoms with Gasteiger partial charge in [-0.25, -0.2) is 4.79 Å². The lowest BCUT2D eigenvalue weighted by Gasteiger charge is -2.13. The van der Waals surface area contributed by atoms with Gasteiger partial charge in [0.1, 0.15) is 11.6 Å². The summed E-state index contributed by atoms with van der Waals surface area (Å²) in [4.78, 5) is 26.8. The summed E-state index contributed by atoms with van der Waals surface area (Å²) in [6.45, 7) is 24.2. The van der Waals surface area contributed by atoms with Crippen LogP contribution in [0.15, 0.2) is 60.2 Å². The molecule has 1 aromatic carbocycles. The van der Waals surface area contributed by atoms with E-state index in [-0.39, 0.29) is 22.8 Å². The smallest absolute Gasteiger partial charge is 0.479 e. The number of carboxylic acids is 1. The van der Waals surface area contributed by atoms with Gasteiger partial charge in [-0.1, -0.05) is 71.4 Å². The molecule has 0 spiro atoms. The minimum atomic E-state index is -4.87. The zero-order valence-electron chi connectivity index (χ0n) is 26.4. The number of hydrogen-bond acceptors (Lipinski definition) is 5. The minimum absolute atomic E-state index is 0.00833. The van der Waals surface area contributed by atoms with E-state index in [4.69, 9.17) is 21.4 Å². The zero-order valence-corrected chi connectivity index (χ0v) is 27.2. The maximum absolute atomic E-state index is 12.6. The SMILES string of the molecule is C=C(C)CC.C=C(Cl)CC.CC.CC.Cc1c(C=O)c2ccc(OC(F)(F)F)cc2n1-c1cccc(OC(C)C(=O)O)n1. The molecule has 3 rings (SSSR count). The fourth-order valence-electron chi connectivity index (χ4n) is 2.89. The summed E-state index contributed by atoms with van der Waals surface area (Å²) >= 11 is 5.27. The molecule has 1 atom stereocenters. The summed E-state index contributed by atoms with van der Waals surface area (Å²) in [5, 5.41) is 10.1. The second-order valence-corrected chi connectivity index (χ2v) is 8.83. The number of allylic oxidation sites excluding steroid dienone is 2. The molecule has 1 N–H and O–H groups in total. The first-order chi connectivity index (χ1) is 20.1. The van der Waals surface area contributed by atoms with Gasteiger partial charge in [-0.05, 0) is 51.8 Å². The molecule has 0 bridgehead atoms. The van der Waals surface area contributed by atoms with Crippen molar-refractivity contribution >= 4 is 34.8 Å². The Morgan fingerprint density at radius 3 is 2.07 bits per heavy atom. The molecule has 0 amide bonds. The number of ether oxygens (including phenoxy) is 2. The fraction of sp³-hybridized carbons (Fsp3) is 0.406. The van der Waals surface area contributed by atoms with Crippen molar-refractivity contribution in [2.24, 2.45) is 0 Å². The van der Waals surface area contributed by atoms with Gasteiger partial charge in [-0.15, -0.1) is 19.8 Å². The van der Waals surface area contributed by atoms with Crippen molar-refractivity contribution < 1.29 is 37.3 Å². The average Bonchev–Trinajstić information content (AvgIpc) is 3.24. The van der Waals surface area contributed by atoms with E-state index in [0.717, 1.165) is 30.0 Å². The van der Waals surface area contributed by atoms with Crippen molar-refractivity contribution in [3.8, 4) is 17.4 Å². The van der Waals surface area contributed by atoms with Crippen LogP contribution in [0.4, 0.5) is 13.2 Å². The molecular formula is C32H44ClF3N2O5. The quantitative estimate of drug-likeness (QED) is 0.197. The maximum atomic E-state index is 12.6. The van der Waals surface area contributed by atoms with Crippen LogP contribution in [0, 0.1) is 6.92 Å². The highest BCUT2D eigenvalue weighted by atomic mass is 35.5.